The molecule has 2 rings (SSSR count). The molecule has 0 heterocycles. The molecule has 0 amide bonds. The lowest BCUT2D eigenvalue weighted by molar-refractivity contribution is 0.103. The SMILES string of the molecule is COc1cccc(C(=O)c2cc(C)c(Br)c(C)c2)c1F. The van der Waals surface area contributed by atoms with Gasteiger partial charge in [0, 0.05) is 10.0 Å². The second-order valence-corrected chi connectivity index (χ2v) is 5.37. The first-order valence-corrected chi connectivity index (χ1v) is 6.89. The molecule has 20 heavy (non-hydrogen) atoms. The predicted octanol–water partition coefficient (Wildman–Crippen LogP) is 4.44. The number of halogens is 2. The first kappa shape index (κ1) is 14.7. The second-order valence-electron chi connectivity index (χ2n) is 4.57. The van der Waals surface area contributed by atoms with Gasteiger partial charge in [0.25, 0.3) is 0 Å². The van der Waals surface area contributed by atoms with Crippen LogP contribution in [-0.2, 0) is 0 Å². The number of carbonyl (C=O) groups excluding carboxylic acids is 1. The monoisotopic (exact) mass is 336 g/mol. The smallest absolute Gasteiger partial charge is 0.196 e. The second kappa shape index (κ2) is 5.75. The molecule has 0 radical (unpaired) electrons. The molecule has 0 N–H and O–H groups in total. The average Bonchev–Trinajstić information content (AvgIpc) is 2.43. The number of ether oxygens (including phenoxy) is 1. The maximum absolute atomic E-state index is 14.1. The van der Waals surface area contributed by atoms with Crippen molar-refractivity contribution in [2.45, 2.75) is 13.8 Å². The molecule has 0 saturated heterocycles. The van der Waals surface area contributed by atoms with E-state index in [1.807, 2.05) is 13.8 Å². The number of rotatable bonds is 3. The van der Waals surface area contributed by atoms with Crippen molar-refractivity contribution in [1.82, 2.24) is 0 Å². The molecular weight excluding hydrogens is 323 g/mol. The summed E-state index contributed by atoms with van der Waals surface area (Å²) in [7, 11) is 1.38. The van der Waals surface area contributed by atoms with E-state index in [0.29, 0.717) is 5.56 Å². The van der Waals surface area contributed by atoms with Gasteiger partial charge >= 0.3 is 0 Å². The zero-order valence-corrected chi connectivity index (χ0v) is 13.0. The summed E-state index contributed by atoms with van der Waals surface area (Å²) in [4.78, 5) is 12.4. The molecule has 4 heteroatoms. The van der Waals surface area contributed by atoms with Crippen LogP contribution < -0.4 is 4.74 Å². The Bertz CT molecular complexity index is 657. The third-order valence-electron chi connectivity index (χ3n) is 3.13. The van der Waals surface area contributed by atoms with Crippen LogP contribution >= 0.6 is 15.9 Å². The van der Waals surface area contributed by atoms with Crippen molar-refractivity contribution >= 4 is 21.7 Å². The Morgan fingerprint density at radius 1 is 1.20 bits per heavy atom. The molecule has 0 spiro atoms. The zero-order chi connectivity index (χ0) is 14.9. The molecule has 104 valence electrons. The van der Waals surface area contributed by atoms with Crippen molar-refractivity contribution in [1.29, 1.82) is 0 Å². The summed E-state index contributed by atoms with van der Waals surface area (Å²) in [6.07, 6.45) is 0. The highest BCUT2D eigenvalue weighted by molar-refractivity contribution is 9.10. The van der Waals surface area contributed by atoms with E-state index in [-0.39, 0.29) is 17.1 Å². The fraction of sp³-hybridized carbons (Fsp3) is 0.188. The van der Waals surface area contributed by atoms with Crippen LogP contribution in [0, 0.1) is 19.7 Å². The number of methoxy groups -OCH3 is 1. The molecule has 0 fully saturated rings. The fourth-order valence-corrected chi connectivity index (χ4v) is 2.31. The summed E-state index contributed by atoms with van der Waals surface area (Å²) in [6, 6.07) is 8.06. The molecular formula is C16H14BrFO2. The lowest BCUT2D eigenvalue weighted by Crippen LogP contribution is -2.06. The number of hydrogen-bond donors (Lipinski definition) is 0. The number of hydrogen-bond acceptors (Lipinski definition) is 2. The van der Waals surface area contributed by atoms with Gasteiger partial charge in [-0.2, -0.15) is 0 Å². The van der Waals surface area contributed by atoms with Gasteiger partial charge in [0.05, 0.1) is 12.7 Å². The summed E-state index contributed by atoms with van der Waals surface area (Å²) < 4.78 is 20.0. The Balaban J connectivity index is 2.52. The molecule has 0 unspecified atom stereocenters. The Labute approximate surface area is 125 Å². The summed E-state index contributed by atoms with van der Waals surface area (Å²) in [5, 5.41) is 0. The third-order valence-corrected chi connectivity index (χ3v) is 4.38. The Hall–Kier alpha value is -1.68. The first-order valence-electron chi connectivity index (χ1n) is 6.09. The van der Waals surface area contributed by atoms with E-state index in [9.17, 15) is 9.18 Å². The maximum atomic E-state index is 14.1. The van der Waals surface area contributed by atoms with Crippen molar-refractivity contribution in [2.24, 2.45) is 0 Å². The Morgan fingerprint density at radius 3 is 2.35 bits per heavy atom. The molecule has 0 saturated carbocycles. The van der Waals surface area contributed by atoms with E-state index < -0.39 is 5.82 Å². The summed E-state index contributed by atoms with van der Waals surface area (Å²) in [6.45, 7) is 3.80. The van der Waals surface area contributed by atoms with Crippen LogP contribution in [0.2, 0.25) is 0 Å². The lowest BCUT2D eigenvalue weighted by Gasteiger charge is -2.09. The normalized spacial score (nSPS) is 10.4. The number of benzene rings is 2. The summed E-state index contributed by atoms with van der Waals surface area (Å²) in [5.41, 5.74) is 2.37. The van der Waals surface area contributed by atoms with Crippen molar-refractivity contribution < 1.29 is 13.9 Å². The minimum atomic E-state index is -0.627. The molecule has 0 aliphatic rings. The third kappa shape index (κ3) is 2.61. The van der Waals surface area contributed by atoms with E-state index in [2.05, 4.69) is 15.9 Å². The highest BCUT2D eigenvalue weighted by Gasteiger charge is 2.18. The molecule has 0 atom stereocenters. The lowest BCUT2D eigenvalue weighted by atomic mass is 9.99. The van der Waals surface area contributed by atoms with Crippen molar-refractivity contribution in [3.8, 4) is 5.75 Å². The standard InChI is InChI=1S/C16H14BrFO2/c1-9-7-11(8-10(2)14(9)17)16(19)12-5-4-6-13(20-3)15(12)18/h4-8H,1-3H3. The Kier molecular flexibility index (Phi) is 4.23. The van der Waals surface area contributed by atoms with E-state index >= 15 is 0 Å². The van der Waals surface area contributed by atoms with Crippen LogP contribution in [0.3, 0.4) is 0 Å². The molecule has 0 aliphatic carbocycles. The van der Waals surface area contributed by atoms with Gasteiger partial charge < -0.3 is 4.74 Å². The molecule has 2 aromatic rings. The number of ketones is 1. The van der Waals surface area contributed by atoms with Gasteiger partial charge in [-0.1, -0.05) is 22.0 Å². The van der Waals surface area contributed by atoms with E-state index in [4.69, 9.17) is 4.74 Å². The molecule has 0 aliphatic heterocycles. The summed E-state index contributed by atoms with van der Waals surface area (Å²) >= 11 is 3.45. The van der Waals surface area contributed by atoms with Crippen molar-refractivity contribution in [3.05, 3.63) is 62.9 Å². The van der Waals surface area contributed by atoms with E-state index in [1.165, 1.54) is 19.2 Å². The maximum Gasteiger partial charge on any atom is 0.196 e. The van der Waals surface area contributed by atoms with Gasteiger partial charge in [0.1, 0.15) is 0 Å². The molecule has 0 bridgehead atoms. The van der Waals surface area contributed by atoms with Gasteiger partial charge in [-0.15, -0.1) is 0 Å². The number of carbonyl (C=O) groups is 1. The molecule has 2 aromatic carbocycles. The quantitative estimate of drug-likeness (QED) is 0.774. The van der Waals surface area contributed by atoms with Crippen LogP contribution in [0.4, 0.5) is 4.39 Å². The minimum Gasteiger partial charge on any atom is -0.494 e. The fourth-order valence-electron chi connectivity index (χ4n) is 2.08. The average molecular weight is 337 g/mol. The largest absolute Gasteiger partial charge is 0.494 e. The van der Waals surface area contributed by atoms with Crippen LogP contribution in [0.5, 0.6) is 5.75 Å². The predicted molar refractivity (Wildman–Crippen MR) is 80.0 cm³/mol. The van der Waals surface area contributed by atoms with Gasteiger partial charge in [0.15, 0.2) is 17.3 Å². The van der Waals surface area contributed by atoms with Crippen molar-refractivity contribution in [2.75, 3.05) is 7.11 Å². The van der Waals surface area contributed by atoms with E-state index in [0.717, 1.165) is 15.6 Å². The van der Waals surface area contributed by atoms with Gasteiger partial charge in [-0.05, 0) is 49.2 Å². The Morgan fingerprint density at radius 2 is 1.80 bits per heavy atom. The topological polar surface area (TPSA) is 26.3 Å². The van der Waals surface area contributed by atoms with Gasteiger partial charge in [0.2, 0.25) is 0 Å². The van der Waals surface area contributed by atoms with Gasteiger partial charge in [-0.25, -0.2) is 4.39 Å². The van der Waals surface area contributed by atoms with E-state index in [1.54, 1.807) is 18.2 Å². The minimum absolute atomic E-state index is 0.0190. The van der Waals surface area contributed by atoms with Crippen molar-refractivity contribution in [3.63, 3.8) is 0 Å². The number of aryl methyl sites for hydroxylation is 2. The molecule has 0 aromatic heterocycles. The van der Waals surface area contributed by atoms with Crippen LogP contribution in [0.25, 0.3) is 0 Å². The highest BCUT2D eigenvalue weighted by atomic mass is 79.9. The van der Waals surface area contributed by atoms with Gasteiger partial charge in [-0.3, -0.25) is 4.79 Å². The van der Waals surface area contributed by atoms with Crippen LogP contribution in [0.1, 0.15) is 27.0 Å². The first-order chi connectivity index (χ1) is 9.45. The van der Waals surface area contributed by atoms with Crippen LogP contribution in [-0.4, -0.2) is 12.9 Å². The zero-order valence-electron chi connectivity index (χ0n) is 11.5. The molecule has 2 nitrogen and oxygen atoms in total. The highest BCUT2D eigenvalue weighted by Crippen LogP contribution is 2.26. The van der Waals surface area contributed by atoms with Crippen LogP contribution in [0.15, 0.2) is 34.8 Å². The summed E-state index contributed by atoms with van der Waals surface area (Å²) in [5.74, 6) is -0.903.